The molecule has 0 aromatic heterocycles. The largest absolute Gasteiger partial charge is 0.481 e. The second-order valence-corrected chi connectivity index (χ2v) is 6.85. The van der Waals surface area contributed by atoms with E-state index in [1.807, 2.05) is 0 Å². The summed E-state index contributed by atoms with van der Waals surface area (Å²) >= 11 is 0. The van der Waals surface area contributed by atoms with Gasteiger partial charge in [0.05, 0.1) is 0 Å². The molecule has 0 aliphatic carbocycles. The van der Waals surface area contributed by atoms with Gasteiger partial charge in [-0.3, -0.25) is 19.2 Å². The molecule has 0 aromatic rings. The van der Waals surface area contributed by atoms with Gasteiger partial charge < -0.3 is 19.7 Å². The van der Waals surface area contributed by atoms with Gasteiger partial charge in [0.2, 0.25) is 0 Å². The Bertz CT molecular complexity index is 544. The summed E-state index contributed by atoms with van der Waals surface area (Å²) in [5, 5.41) is 17.0. The first-order valence-electron chi connectivity index (χ1n) is 10.2. The zero-order valence-electron chi connectivity index (χ0n) is 17.1. The molecule has 0 saturated heterocycles. The van der Waals surface area contributed by atoms with Gasteiger partial charge in [0.25, 0.3) is 0 Å². The molecule has 170 valence electrons. The Kier molecular flexibility index (Phi) is 15.5. The predicted octanol–water partition coefficient (Wildman–Crippen LogP) is 2.76. The van der Waals surface area contributed by atoms with Crippen LogP contribution >= 0.6 is 0 Å². The van der Waals surface area contributed by atoms with Crippen LogP contribution in [0.4, 0.5) is 0 Å². The second-order valence-electron chi connectivity index (χ2n) is 6.85. The maximum atomic E-state index is 11.5. The molecular formula is C20H30O10. The second kappa shape index (κ2) is 17.1. The van der Waals surface area contributed by atoms with E-state index in [0.29, 0.717) is 38.5 Å². The molecule has 0 spiro atoms. The average molecular weight is 430 g/mol. The molecule has 0 aliphatic heterocycles. The third kappa shape index (κ3) is 17.3. The number of unbranched alkanes of at least 4 members (excludes halogenated alkanes) is 8. The summed E-state index contributed by atoms with van der Waals surface area (Å²) in [5.41, 5.74) is 0. The number of aliphatic carboxylic acids is 2. The van der Waals surface area contributed by atoms with Gasteiger partial charge in [-0.1, -0.05) is 38.5 Å². The van der Waals surface area contributed by atoms with Crippen LogP contribution < -0.4 is 0 Å². The number of carbonyl (C=O) groups excluding carboxylic acids is 4. The number of hydrogen-bond donors (Lipinski definition) is 2. The summed E-state index contributed by atoms with van der Waals surface area (Å²) in [7, 11) is 0. The molecule has 0 unspecified atom stereocenters. The zero-order chi connectivity index (χ0) is 22.8. The van der Waals surface area contributed by atoms with Crippen LogP contribution in [0.5, 0.6) is 0 Å². The molecule has 0 saturated carbocycles. The molecule has 0 radical (unpaired) electrons. The molecule has 0 atom stereocenters. The fourth-order valence-corrected chi connectivity index (χ4v) is 2.54. The standard InChI is InChI=1S/C20H30O10/c21-15(22)11-7-3-1-5-9-13-17(25)29-19(27)20(28)30-18(26)14-10-6-2-4-8-12-16(23)24/h1-14H2,(H,21,22)(H,23,24). The fraction of sp³-hybridized carbons (Fsp3) is 0.700. The van der Waals surface area contributed by atoms with Crippen LogP contribution in [0.3, 0.4) is 0 Å². The monoisotopic (exact) mass is 430 g/mol. The Labute approximate surface area is 174 Å². The summed E-state index contributed by atoms with van der Waals surface area (Å²) in [6.07, 6.45) is 6.26. The molecule has 0 rings (SSSR count). The molecule has 30 heavy (non-hydrogen) atoms. The lowest BCUT2D eigenvalue weighted by Crippen LogP contribution is -2.25. The van der Waals surface area contributed by atoms with Gasteiger partial charge in [-0.15, -0.1) is 0 Å². The normalized spacial score (nSPS) is 10.3. The quantitative estimate of drug-likeness (QED) is 0.161. The zero-order valence-corrected chi connectivity index (χ0v) is 17.1. The van der Waals surface area contributed by atoms with Gasteiger partial charge in [0.15, 0.2) is 0 Å². The van der Waals surface area contributed by atoms with Crippen molar-refractivity contribution in [3.8, 4) is 0 Å². The van der Waals surface area contributed by atoms with E-state index in [-0.39, 0.29) is 25.7 Å². The van der Waals surface area contributed by atoms with Gasteiger partial charge in [0, 0.05) is 25.7 Å². The van der Waals surface area contributed by atoms with Crippen LogP contribution in [-0.2, 0) is 38.2 Å². The van der Waals surface area contributed by atoms with Gasteiger partial charge in [-0.05, 0) is 25.7 Å². The van der Waals surface area contributed by atoms with Crippen molar-refractivity contribution >= 4 is 35.8 Å². The third-order valence-electron chi connectivity index (χ3n) is 4.12. The van der Waals surface area contributed by atoms with Gasteiger partial charge in [-0.25, -0.2) is 9.59 Å². The minimum Gasteiger partial charge on any atom is -0.481 e. The fourth-order valence-electron chi connectivity index (χ4n) is 2.54. The number of rotatable bonds is 16. The van der Waals surface area contributed by atoms with Crippen LogP contribution in [-0.4, -0.2) is 46.0 Å². The molecule has 0 amide bonds. The van der Waals surface area contributed by atoms with Crippen molar-refractivity contribution in [1.82, 2.24) is 0 Å². The van der Waals surface area contributed by atoms with E-state index in [1.165, 1.54) is 0 Å². The maximum Gasteiger partial charge on any atom is 0.425 e. The van der Waals surface area contributed by atoms with E-state index in [4.69, 9.17) is 10.2 Å². The molecule has 0 heterocycles. The van der Waals surface area contributed by atoms with Crippen molar-refractivity contribution in [2.45, 2.75) is 89.9 Å². The molecule has 2 N–H and O–H groups in total. The first-order chi connectivity index (χ1) is 14.2. The Morgan fingerprint density at radius 2 is 0.700 bits per heavy atom. The molecule has 0 aliphatic rings. The summed E-state index contributed by atoms with van der Waals surface area (Å²) < 4.78 is 8.66. The smallest absolute Gasteiger partial charge is 0.425 e. The summed E-state index contributed by atoms with van der Waals surface area (Å²) in [6.45, 7) is 0. The van der Waals surface area contributed by atoms with Gasteiger partial charge in [0.1, 0.15) is 0 Å². The van der Waals surface area contributed by atoms with Crippen LogP contribution in [0.1, 0.15) is 89.9 Å². The van der Waals surface area contributed by atoms with E-state index in [1.54, 1.807) is 0 Å². The Balaban J connectivity index is 3.77. The summed E-state index contributed by atoms with van der Waals surface area (Å²) in [6, 6.07) is 0. The lowest BCUT2D eigenvalue weighted by atomic mass is 10.1. The number of carboxylic acids is 2. The molecular weight excluding hydrogens is 400 g/mol. The summed E-state index contributed by atoms with van der Waals surface area (Å²) in [5.74, 6) is -6.56. The van der Waals surface area contributed by atoms with E-state index in [2.05, 4.69) is 9.47 Å². The Morgan fingerprint density at radius 1 is 0.433 bits per heavy atom. The number of carboxylic acid groups (broad SMARTS) is 2. The van der Waals surface area contributed by atoms with Crippen molar-refractivity contribution in [3.05, 3.63) is 0 Å². The number of ether oxygens (including phenoxy) is 2. The highest BCUT2D eigenvalue weighted by atomic mass is 16.6. The Hall–Kier alpha value is -2.78. The molecule has 10 nitrogen and oxygen atoms in total. The maximum absolute atomic E-state index is 11.5. The molecule has 0 fully saturated rings. The van der Waals surface area contributed by atoms with E-state index < -0.39 is 35.8 Å². The average Bonchev–Trinajstić information content (AvgIpc) is 2.65. The van der Waals surface area contributed by atoms with Crippen LogP contribution in [0, 0.1) is 0 Å². The lowest BCUT2D eigenvalue weighted by molar-refractivity contribution is -0.177. The van der Waals surface area contributed by atoms with Crippen molar-refractivity contribution in [3.63, 3.8) is 0 Å². The summed E-state index contributed by atoms with van der Waals surface area (Å²) in [4.78, 5) is 66.6. The number of carbonyl (C=O) groups is 6. The lowest BCUT2D eigenvalue weighted by Gasteiger charge is -2.04. The van der Waals surface area contributed by atoms with Crippen molar-refractivity contribution in [2.75, 3.05) is 0 Å². The van der Waals surface area contributed by atoms with Crippen molar-refractivity contribution in [2.24, 2.45) is 0 Å². The van der Waals surface area contributed by atoms with Crippen LogP contribution in [0.15, 0.2) is 0 Å². The van der Waals surface area contributed by atoms with Gasteiger partial charge >= 0.3 is 35.8 Å². The number of esters is 4. The van der Waals surface area contributed by atoms with Crippen molar-refractivity contribution in [1.29, 1.82) is 0 Å². The van der Waals surface area contributed by atoms with E-state index in [0.717, 1.165) is 25.7 Å². The highest BCUT2D eigenvalue weighted by Gasteiger charge is 2.23. The van der Waals surface area contributed by atoms with Crippen molar-refractivity contribution < 1.29 is 48.5 Å². The minimum atomic E-state index is -1.54. The van der Waals surface area contributed by atoms with Crippen LogP contribution in [0.25, 0.3) is 0 Å². The highest BCUT2D eigenvalue weighted by molar-refractivity contribution is 6.33. The topological polar surface area (TPSA) is 161 Å². The minimum absolute atomic E-state index is 0.0756. The first-order valence-corrected chi connectivity index (χ1v) is 10.2. The molecule has 0 bridgehead atoms. The SMILES string of the molecule is O=C(O)CCCCCCCC(=O)OC(=O)C(=O)OC(=O)CCCCCCCC(=O)O. The molecule has 10 heteroatoms. The van der Waals surface area contributed by atoms with Gasteiger partial charge in [-0.2, -0.15) is 0 Å². The number of hydrogen-bond acceptors (Lipinski definition) is 8. The highest BCUT2D eigenvalue weighted by Crippen LogP contribution is 2.09. The molecule has 0 aromatic carbocycles. The third-order valence-corrected chi connectivity index (χ3v) is 4.12. The van der Waals surface area contributed by atoms with E-state index in [9.17, 15) is 28.8 Å². The van der Waals surface area contributed by atoms with E-state index >= 15 is 0 Å². The van der Waals surface area contributed by atoms with Crippen LogP contribution in [0.2, 0.25) is 0 Å². The Morgan fingerprint density at radius 3 is 1.00 bits per heavy atom. The predicted molar refractivity (Wildman–Crippen MR) is 102 cm³/mol. The first kappa shape index (κ1) is 27.2.